The molecule has 1 unspecified atom stereocenters. The monoisotopic (exact) mass is 399 g/mol. The number of aliphatic imine (C=N–C) groups is 1. The smallest absolute Gasteiger partial charge is 0.230 e. The van der Waals surface area contributed by atoms with E-state index in [9.17, 15) is 4.79 Å². The molecule has 2 N–H and O–H groups in total. The first-order valence-corrected chi connectivity index (χ1v) is 11.0. The van der Waals surface area contributed by atoms with Gasteiger partial charge in [-0.2, -0.15) is 0 Å². The lowest BCUT2D eigenvalue weighted by Gasteiger charge is -2.32. The largest absolute Gasteiger partial charge is 0.372 e. The van der Waals surface area contributed by atoms with Crippen LogP contribution in [0.15, 0.2) is 29.3 Å². The minimum Gasteiger partial charge on any atom is -0.372 e. The fraction of sp³-hybridized carbons (Fsp3) is 0.652. The second-order valence-electron chi connectivity index (χ2n) is 8.77. The first kappa shape index (κ1) is 21.5. The highest BCUT2D eigenvalue weighted by molar-refractivity contribution is 5.85. The van der Waals surface area contributed by atoms with E-state index in [2.05, 4.69) is 51.7 Å². The van der Waals surface area contributed by atoms with Gasteiger partial charge in [-0.15, -0.1) is 0 Å². The Balaban J connectivity index is 1.62. The van der Waals surface area contributed by atoms with E-state index >= 15 is 0 Å². The van der Waals surface area contributed by atoms with E-state index in [0.29, 0.717) is 6.54 Å². The summed E-state index contributed by atoms with van der Waals surface area (Å²) in [7, 11) is 5.49. The van der Waals surface area contributed by atoms with Gasteiger partial charge < -0.3 is 20.4 Å². The van der Waals surface area contributed by atoms with E-state index in [1.54, 1.807) is 11.9 Å². The summed E-state index contributed by atoms with van der Waals surface area (Å²) in [5, 5.41) is 6.94. The van der Waals surface area contributed by atoms with Crippen LogP contribution in [-0.2, 0) is 4.79 Å². The van der Waals surface area contributed by atoms with Gasteiger partial charge in [0.1, 0.15) is 0 Å². The predicted molar refractivity (Wildman–Crippen MR) is 120 cm³/mol. The van der Waals surface area contributed by atoms with Crippen LogP contribution in [0.5, 0.6) is 0 Å². The zero-order valence-electron chi connectivity index (χ0n) is 18.5. The number of amides is 1. The molecule has 1 heterocycles. The van der Waals surface area contributed by atoms with Gasteiger partial charge >= 0.3 is 0 Å². The SMILES string of the molecule is CN=C(NCC1(C(=O)N(C)C)CCCC1)NC(C)c1cccc(N2CCCC2)c1. The Labute approximate surface area is 175 Å². The third-order valence-electron chi connectivity index (χ3n) is 6.43. The van der Waals surface area contributed by atoms with Gasteiger partial charge in [-0.25, -0.2) is 0 Å². The highest BCUT2D eigenvalue weighted by atomic mass is 16.2. The Hall–Kier alpha value is -2.24. The highest BCUT2D eigenvalue weighted by Gasteiger charge is 2.42. The average Bonchev–Trinajstić information content (AvgIpc) is 3.43. The summed E-state index contributed by atoms with van der Waals surface area (Å²) in [6.07, 6.45) is 6.69. The van der Waals surface area contributed by atoms with Crippen LogP contribution in [0.1, 0.15) is 57.1 Å². The quantitative estimate of drug-likeness (QED) is 0.570. The molecule has 2 fully saturated rings. The lowest BCUT2D eigenvalue weighted by Crippen LogP contribution is -2.49. The topological polar surface area (TPSA) is 60.0 Å². The van der Waals surface area contributed by atoms with Gasteiger partial charge in [0.2, 0.25) is 5.91 Å². The maximum Gasteiger partial charge on any atom is 0.230 e. The van der Waals surface area contributed by atoms with E-state index in [1.165, 1.54) is 24.1 Å². The van der Waals surface area contributed by atoms with Gasteiger partial charge in [-0.3, -0.25) is 9.79 Å². The molecule has 0 bridgehead atoms. The second kappa shape index (κ2) is 9.51. The third-order valence-corrected chi connectivity index (χ3v) is 6.43. The zero-order valence-corrected chi connectivity index (χ0v) is 18.5. The number of nitrogens with zero attached hydrogens (tertiary/aromatic N) is 3. The number of hydrogen-bond donors (Lipinski definition) is 2. The fourth-order valence-electron chi connectivity index (χ4n) is 4.69. The molecule has 0 aromatic heterocycles. The van der Waals surface area contributed by atoms with Crippen molar-refractivity contribution in [2.24, 2.45) is 10.4 Å². The molecule has 1 saturated heterocycles. The molecule has 2 aliphatic rings. The lowest BCUT2D eigenvalue weighted by molar-refractivity contribution is -0.138. The van der Waals surface area contributed by atoms with Crippen LogP contribution < -0.4 is 15.5 Å². The summed E-state index contributed by atoms with van der Waals surface area (Å²) in [5.41, 5.74) is 2.25. The summed E-state index contributed by atoms with van der Waals surface area (Å²) in [6.45, 7) is 5.09. The Morgan fingerprint density at radius 3 is 2.52 bits per heavy atom. The molecule has 3 rings (SSSR count). The van der Waals surface area contributed by atoms with Crippen molar-refractivity contribution in [2.75, 3.05) is 45.7 Å². The number of carbonyl (C=O) groups excluding carboxylic acids is 1. The van der Waals surface area contributed by atoms with Gasteiger partial charge in [0, 0.05) is 46.5 Å². The molecular weight excluding hydrogens is 362 g/mol. The maximum atomic E-state index is 12.8. The number of carbonyl (C=O) groups is 1. The molecule has 1 aromatic carbocycles. The van der Waals surface area contributed by atoms with Gasteiger partial charge in [0.15, 0.2) is 5.96 Å². The Bertz CT molecular complexity index is 718. The Kier molecular flexibility index (Phi) is 7.04. The summed E-state index contributed by atoms with van der Waals surface area (Å²) >= 11 is 0. The Morgan fingerprint density at radius 1 is 1.21 bits per heavy atom. The first-order chi connectivity index (χ1) is 13.9. The van der Waals surface area contributed by atoms with Crippen molar-refractivity contribution in [3.63, 3.8) is 0 Å². The molecular formula is C23H37N5O. The number of nitrogens with one attached hydrogen (secondary N) is 2. The van der Waals surface area contributed by atoms with Gasteiger partial charge in [0.05, 0.1) is 11.5 Å². The molecule has 1 aromatic rings. The van der Waals surface area contributed by atoms with Crippen molar-refractivity contribution < 1.29 is 4.79 Å². The van der Waals surface area contributed by atoms with Gasteiger partial charge in [-0.1, -0.05) is 25.0 Å². The number of guanidine groups is 1. The van der Waals surface area contributed by atoms with E-state index in [-0.39, 0.29) is 17.4 Å². The summed E-state index contributed by atoms with van der Waals surface area (Å²) in [5.74, 6) is 0.978. The normalized spacial score (nSPS) is 19.9. The fourth-order valence-corrected chi connectivity index (χ4v) is 4.69. The van der Waals surface area contributed by atoms with Gasteiger partial charge in [-0.05, 0) is 50.3 Å². The summed E-state index contributed by atoms with van der Waals surface area (Å²) in [6, 6.07) is 8.92. The first-order valence-electron chi connectivity index (χ1n) is 11.0. The van der Waals surface area contributed by atoms with Crippen molar-refractivity contribution in [3.8, 4) is 0 Å². The molecule has 160 valence electrons. The van der Waals surface area contributed by atoms with E-state index in [1.807, 2.05) is 14.1 Å². The van der Waals surface area contributed by atoms with Crippen LogP contribution >= 0.6 is 0 Å². The standard InChI is InChI=1S/C23H37N5O/c1-18(19-10-9-11-20(16-19)28-14-7-8-15-28)26-22(24-2)25-17-23(12-5-6-13-23)21(29)27(3)4/h9-11,16,18H,5-8,12-15,17H2,1-4H3,(H2,24,25,26). The number of rotatable bonds is 6. The van der Waals surface area contributed by atoms with Crippen LogP contribution in [0.25, 0.3) is 0 Å². The molecule has 1 saturated carbocycles. The van der Waals surface area contributed by atoms with E-state index in [4.69, 9.17) is 0 Å². The van der Waals surface area contributed by atoms with Crippen LogP contribution in [0, 0.1) is 5.41 Å². The number of hydrogen-bond acceptors (Lipinski definition) is 3. The lowest BCUT2D eigenvalue weighted by atomic mass is 9.84. The molecule has 1 aliphatic heterocycles. The molecule has 1 atom stereocenters. The van der Waals surface area contributed by atoms with E-state index in [0.717, 1.165) is 44.7 Å². The minimum absolute atomic E-state index is 0.132. The Morgan fingerprint density at radius 2 is 1.90 bits per heavy atom. The number of benzene rings is 1. The van der Waals surface area contributed by atoms with Crippen molar-refractivity contribution in [1.29, 1.82) is 0 Å². The molecule has 1 aliphatic carbocycles. The van der Waals surface area contributed by atoms with Crippen molar-refractivity contribution in [1.82, 2.24) is 15.5 Å². The van der Waals surface area contributed by atoms with Crippen LogP contribution in [0.4, 0.5) is 5.69 Å². The van der Waals surface area contributed by atoms with Gasteiger partial charge in [0.25, 0.3) is 0 Å². The third kappa shape index (κ3) is 5.03. The zero-order chi connectivity index (χ0) is 20.9. The van der Waals surface area contributed by atoms with E-state index < -0.39 is 0 Å². The van der Waals surface area contributed by atoms with Crippen LogP contribution in [-0.4, -0.2) is 57.5 Å². The molecule has 1 amide bonds. The maximum absolute atomic E-state index is 12.8. The molecule has 0 radical (unpaired) electrons. The summed E-state index contributed by atoms with van der Waals surface area (Å²) < 4.78 is 0. The average molecular weight is 400 g/mol. The minimum atomic E-state index is -0.306. The molecule has 6 nitrogen and oxygen atoms in total. The second-order valence-corrected chi connectivity index (χ2v) is 8.77. The molecule has 6 heteroatoms. The number of anilines is 1. The van der Waals surface area contributed by atoms with Crippen LogP contribution in [0.2, 0.25) is 0 Å². The summed E-state index contributed by atoms with van der Waals surface area (Å²) in [4.78, 5) is 21.4. The van der Waals surface area contributed by atoms with Crippen molar-refractivity contribution in [2.45, 2.75) is 51.5 Å². The highest BCUT2D eigenvalue weighted by Crippen LogP contribution is 2.39. The van der Waals surface area contributed by atoms with Crippen molar-refractivity contribution in [3.05, 3.63) is 29.8 Å². The predicted octanol–water partition coefficient (Wildman–Crippen LogP) is 3.16. The van der Waals surface area contributed by atoms with Crippen molar-refractivity contribution >= 4 is 17.6 Å². The molecule has 29 heavy (non-hydrogen) atoms. The van der Waals surface area contributed by atoms with Crippen LogP contribution in [0.3, 0.4) is 0 Å². The molecule has 0 spiro atoms.